The summed E-state index contributed by atoms with van der Waals surface area (Å²) in [6.07, 6.45) is -1.12. The number of anilines is 1. The molecule has 2 aromatic rings. The monoisotopic (exact) mass is 668 g/mol. The molecule has 0 heterocycles. The van der Waals surface area contributed by atoms with Gasteiger partial charge < -0.3 is 35.5 Å². The maximum atomic E-state index is 13.6. The highest BCUT2D eigenvalue weighted by Gasteiger charge is 2.31. The Morgan fingerprint density at radius 3 is 1.90 bits per heavy atom. The van der Waals surface area contributed by atoms with E-state index in [1.54, 1.807) is 96.1 Å². The molecule has 13 nitrogen and oxygen atoms in total. The van der Waals surface area contributed by atoms with Crippen LogP contribution in [0.5, 0.6) is 0 Å². The molecule has 0 saturated carbocycles. The lowest BCUT2D eigenvalue weighted by molar-refractivity contribution is -0.155. The zero-order valence-corrected chi connectivity index (χ0v) is 28.6. The number of benzene rings is 2. The van der Waals surface area contributed by atoms with Crippen molar-refractivity contribution in [1.29, 1.82) is 0 Å². The van der Waals surface area contributed by atoms with Gasteiger partial charge in [-0.1, -0.05) is 48.5 Å². The third-order valence-electron chi connectivity index (χ3n) is 6.35. The zero-order valence-electron chi connectivity index (χ0n) is 28.6. The zero-order chi connectivity index (χ0) is 35.7. The molecule has 0 spiro atoms. The number of carbonyl (C=O) groups excluding carboxylic acids is 6. The highest BCUT2D eigenvalue weighted by molar-refractivity contribution is 6.42. The van der Waals surface area contributed by atoms with Gasteiger partial charge in [0.15, 0.2) is 0 Å². The van der Waals surface area contributed by atoms with Crippen LogP contribution in [0, 0.1) is 0 Å². The molecular weight excluding hydrogens is 620 g/mol. The van der Waals surface area contributed by atoms with Gasteiger partial charge in [0.25, 0.3) is 5.91 Å². The normalized spacial score (nSPS) is 12.5. The van der Waals surface area contributed by atoms with Crippen LogP contribution in [0.2, 0.25) is 0 Å². The molecule has 2 aromatic carbocycles. The van der Waals surface area contributed by atoms with Crippen molar-refractivity contribution in [3.05, 3.63) is 66.2 Å². The van der Waals surface area contributed by atoms with Crippen molar-refractivity contribution in [3.63, 3.8) is 0 Å². The second-order valence-electron chi connectivity index (χ2n) is 13.1. The van der Waals surface area contributed by atoms with Crippen LogP contribution in [0.25, 0.3) is 0 Å². The van der Waals surface area contributed by atoms with Gasteiger partial charge in [-0.05, 0) is 84.9 Å². The molecule has 0 aliphatic heterocycles. The number of Topliss-reactive ketones (excluding diaryl/α,β-unsaturated/α-hetero) is 1. The molecule has 2 rings (SSSR count). The number of para-hydroxylation sites is 1. The topological polar surface area (TPSA) is 178 Å². The van der Waals surface area contributed by atoms with Crippen LogP contribution in [-0.4, -0.2) is 65.6 Å². The first-order valence-corrected chi connectivity index (χ1v) is 15.9. The number of rotatable bonds is 16. The Balaban J connectivity index is 2.15. The SMILES string of the molecule is CC(C)(C)OC(=O)CC[C@H](NC(=O)OCc1ccccc1)C(=O)N[C@@H](CCCCNC(=O)OC(C)(C)C)C(=O)C(=O)Nc1ccccc1. The lowest BCUT2D eigenvalue weighted by Gasteiger charge is -2.24. The van der Waals surface area contributed by atoms with Gasteiger partial charge in [0.05, 0.1) is 6.04 Å². The number of hydrogen-bond acceptors (Lipinski definition) is 9. The number of ether oxygens (including phenoxy) is 3. The van der Waals surface area contributed by atoms with Gasteiger partial charge >= 0.3 is 18.2 Å². The predicted octanol–water partition coefficient (Wildman–Crippen LogP) is 4.79. The van der Waals surface area contributed by atoms with E-state index in [4.69, 9.17) is 14.2 Å². The highest BCUT2D eigenvalue weighted by Crippen LogP contribution is 2.13. The molecule has 0 saturated heterocycles. The Morgan fingerprint density at radius 2 is 1.29 bits per heavy atom. The number of amides is 4. The van der Waals surface area contributed by atoms with Crippen molar-refractivity contribution in [2.24, 2.45) is 0 Å². The van der Waals surface area contributed by atoms with Crippen molar-refractivity contribution in [2.45, 2.75) is 104 Å². The molecular formula is C35H48N4O9. The molecule has 262 valence electrons. The fourth-order valence-electron chi connectivity index (χ4n) is 4.22. The molecule has 0 radical (unpaired) electrons. The van der Waals surface area contributed by atoms with Gasteiger partial charge in [0.2, 0.25) is 11.7 Å². The number of hydrogen-bond donors (Lipinski definition) is 4. The number of alkyl carbamates (subject to hydrolysis) is 2. The molecule has 0 aromatic heterocycles. The third-order valence-corrected chi connectivity index (χ3v) is 6.35. The van der Waals surface area contributed by atoms with Crippen LogP contribution in [0.3, 0.4) is 0 Å². The van der Waals surface area contributed by atoms with Crippen molar-refractivity contribution in [2.75, 3.05) is 11.9 Å². The van der Waals surface area contributed by atoms with E-state index in [9.17, 15) is 28.8 Å². The van der Waals surface area contributed by atoms with Crippen LogP contribution in [0.4, 0.5) is 15.3 Å². The van der Waals surface area contributed by atoms with Crippen molar-refractivity contribution < 1.29 is 43.0 Å². The van der Waals surface area contributed by atoms with Gasteiger partial charge in [0.1, 0.15) is 23.9 Å². The third kappa shape index (κ3) is 16.6. The first-order chi connectivity index (χ1) is 22.5. The first-order valence-electron chi connectivity index (χ1n) is 15.9. The Kier molecular flexibility index (Phi) is 15.5. The van der Waals surface area contributed by atoms with E-state index >= 15 is 0 Å². The summed E-state index contributed by atoms with van der Waals surface area (Å²) in [4.78, 5) is 77.0. The molecule has 0 aliphatic rings. The Hall–Kier alpha value is -4.94. The second-order valence-corrected chi connectivity index (χ2v) is 13.1. The molecule has 0 bridgehead atoms. The van der Waals surface area contributed by atoms with E-state index in [0.717, 1.165) is 5.56 Å². The molecule has 0 fully saturated rings. The largest absolute Gasteiger partial charge is 0.460 e. The maximum absolute atomic E-state index is 13.6. The van der Waals surface area contributed by atoms with Gasteiger partial charge in [-0.2, -0.15) is 0 Å². The smallest absolute Gasteiger partial charge is 0.408 e. The second kappa shape index (κ2) is 19.0. The molecule has 13 heteroatoms. The van der Waals surface area contributed by atoms with E-state index in [-0.39, 0.29) is 32.4 Å². The number of nitrogens with one attached hydrogen (secondary N) is 4. The van der Waals surface area contributed by atoms with Crippen LogP contribution < -0.4 is 21.3 Å². The molecule has 2 atom stereocenters. The van der Waals surface area contributed by atoms with Crippen molar-refractivity contribution >= 4 is 41.4 Å². The standard InChI is InChI=1S/C35H48N4O9/c1-34(2,3)47-28(40)21-20-27(39-33(45)46-23-24-15-9-7-10-16-24)30(42)38-26(19-13-14-22-36-32(44)48-35(4,5)6)29(41)31(43)37-25-17-11-8-12-18-25/h7-12,15-18,26-27H,13-14,19-23H2,1-6H3,(H,36,44)(H,37,43)(H,38,42)(H,39,45)/t26-,27-/m0/s1. The average molecular weight is 669 g/mol. The van der Waals surface area contributed by atoms with Crippen molar-refractivity contribution in [3.8, 4) is 0 Å². The van der Waals surface area contributed by atoms with Gasteiger partial charge in [-0.3, -0.25) is 19.2 Å². The van der Waals surface area contributed by atoms with Crippen LogP contribution in [0.15, 0.2) is 60.7 Å². The summed E-state index contributed by atoms with van der Waals surface area (Å²) in [6.45, 7) is 10.5. The summed E-state index contributed by atoms with van der Waals surface area (Å²) < 4.78 is 15.8. The number of unbranched alkanes of at least 4 members (excludes halogenated alkanes) is 1. The average Bonchev–Trinajstić information content (AvgIpc) is 3.00. The minimum absolute atomic E-state index is 0.0417. The predicted molar refractivity (Wildman–Crippen MR) is 179 cm³/mol. The van der Waals surface area contributed by atoms with Crippen molar-refractivity contribution in [1.82, 2.24) is 16.0 Å². The van der Waals surface area contributed by atoms with E-state index < -0.39 is 59.0 Å². The van der Waals surface area contributed by atoms with E-state index in [2.05, 4.69) is 21.3 Å². The van der Waals surface area contributed by atoms with Crippen LogP contribution in [-0.2, 0) is 40.0 Å². The van der Waals surface area contributed by atoms with Gasteiger partial charge in [-0.15, -0.1) is 0 Å². The molecule has 0 aliphatic carbocycles. The molecule has 48 heavy (non-hydrogen) atoms. The maximum Gasteiger partial charge on any atom is 0.408 e. The van der Waals surface area contributed by atoms with Gasteiger partial charge in [0, 0.05) is 18.7 Å². The minimum atomic E-state index is -1.30. The fourth-order valence-corrected chi connectivity index (χ4v) is 4.22. The quantitative estimate of drug-likeness (QED) is 0.0847. The first kappa shape index (κ1) is 39.2. The number of ketones is 1. The fraction of sp³-hybridized carbons (Fsp3) is 0.486. The number of esters is 1. The summed E-state index contributed by atoms with van der Waals surface area (Å²) in [6, 6.07) is 14.7. The summed E-state index contributed by atoms with van der Waals surface area (Å²) >= 11 is 0. The van der Waals surface area contributed by atoms with Crippen LogP contribution in [0.1, 0.15) is 79.2 Å². The van der Waals surface area contributed by atoms with E-state index in [1.807, 2.05) is 6.07 Å². The summed E-state index contributed by atoms with van der Waals surface area (Å²) in [5.74, 6) is -3.25. The van der Waals surface area contributed by atoms with Gasteiger partial charge in [-0.25, -0.2) is 9.59 Å². The minimum Gasteiger partial charge on any atom is -0.460 e. The van der Waals surface area contributed by atoms with E-state index in [0.29, 0.717) is 18.5 Å². The Morgan fingerprint density at radius 1 is 0.688 bits per heavy atom. The summed E-state index contributed by atoms with van der Waals surface area (Å²) in [5, 5.41) is 10.2. The molecule has 0 unspecified atom stereocenters. The number of carbonyl (C=O) groups is 6. The Bertz CT molecular complexity index is 1370. The van der Waals surface area contributed by atoms with Crippen LogP contribution >= 0.6 is 0 Å². The summed E-state index contributed by atoms with van der Waals surface area (Å²) in [5.41, 5.74) is -0.321. The molecule has 4 amide bonds. The summed E-state index contributed by atoms with van der Waals surface area (Å²) in [7, 11) is 0. The van der Waals surface area contributed by atoms with E-state index in [1.165, 1.54) is 0 Å². The Labute approximate surface area is 281 Å². The lowest BCUT2D eigenvalue weighted by Crippen LogP contribution is -2.53. The lowest BCUT2D eigenvalue weighted by atomic mass is 10.0. The highest BCUT2D eigenvalue weighted by atomic mass is 16.6. The molecule has 4 N–H and O–H groups in total.